The largest absolute Gasteiger partial charge is 0.494 e. The van der Waals surface area contributed by atoms with E-state index in [9.17, 15) is 9.59 Å². The Hall–Kier alpha value is -5.76. The van der Waals surface area contributed by atoms with Gasteiger partial charge in [-0.1, -0.05) is 88.4 Å². The highest BCUT2D eigenvalue weighted by Gasteiger charge is 2.23. The third-order valence-corrected chi connectivity index (χ3v) is 8.80. The molecular formula is C42H43N5O3. The van der Waals surface area contributed by atoms with Crippen LogP contribution < -0.4 is 20.9 Å². The predicted octanol–water partition coefficient (Wildman–Crippen LogP) is 9.41. The van der Waals surface area contributed by atoms with Gasteiger partial charge < -0.3 is 15.4 Å². The van der Waals surface area contributed by atoms with Gasteiger partial charge in [-0.15, -0.1) is 0 Å². The number of amides is 2. The van der Waals surface area contributed by atoms with Crippen molar-refractivity contribution in [3.8, 4) is 16.9 Å². The summed E-state index contributed by atoms with van der Waals surface area (Å²) >= 11 is 0. The number of anilines is 2. The minimum absolute atomic E-state index is 0.168. The summed E-state index contributed by atoms with van der Waals surface area (Å²) < 4.78 is 7.82. The number of carbonyl (C=O) groups is 1. The fourth-order valence-corrected chi connectivity index (χ4v) is 6.32. The number of fused-ring (bicyclic) bond motifs is 1. The molecule has 0 unspecified atom stereocenters. The van der Waals surface area contributed by atoms with Gasteiger partial charge >= 0.3 is 6.03 Å². The molecule has 3 aromatic heterocycles. The topological polar surface area (TPSA) is 98.1 Å². The number of ether oxygens (including phenoxy) is 1. The minimum atomic E-state index is -0.489. The lowest BCUT2D eigenvalue weighted by Gasteiger charge is -2.22. The summed E-state index contributed by atoms with van der Waals surface area (Å²) in [4.78, 5) is 37.4. The van der Waals surface area contributed by atoms with E-state index >= 15 is 0 Å². The molecular weight excluding hydrogens is 622 g/mol. The van der Waals surface area contributed by atoms with Gasteiger partial charge in [-0.2, -0.15) is 0 Å². The second-order valence-electron chi connectivity index (χ2n) is 13.0. The molecule has 6 aromatic rings. The number of benzene rings is 3. The number of aromatic nitrogens is 3. The summed E-state index contributed by atoms with van der Waals surface area (Å²) in [7, 11) is 0. The van der Waals surface area contributed by atoms with E-state index in [0.717, 1.165) is 46.2 Å². The standard InChI is InChI=1S/C42H43N5O3/c1-28(2)34-17-9-18-35(29(3)4)38(34)45-42(49)46-39-37(32-15-8-16-33(26-32)50-25-11-14-30-20-23-43-24-21-30)36-19-10-22-44-40(36)47(41(39)48)27-31-12-6-5-7-13-31/h5-10,12-13,15-24,26,28-29H,11,14,25,27H2,1-4H3,(H2,45,46,49). The molecule has 0 saturated heterocycles. The molecule has 254 valence electrons. The van der Waals surface area contributed by atoms with Crippen molar-refractivity contribution in [2.75, 3.05) is 17.2 Å². The smallest absolute Gasteiger partial charge is 0.323 e. The van der Waals surface area contributed by atoms with Crippen LogP contribution in [-0.2, 0) is 13.0 Å². The van der Waals surface area contributed by atoms with Crippen LogP contribution in [0.1, 0.15) is 68.2 Å². The van der Waals surface area contributed by atoms with Crippen molar-refractivity contribution in [1.82, 2.24) is 14.5 Å². The molecule has 0 radical (unpaired) electrons. The van der Waals surface area contributed by atoms with Gasteiger partial charge in [0.2, 0.25) is 0 Å². The van der Waals surface area contributed by atoms with E-state index in [1.807, 2.05) is 97.1 Å². The van der Waals surface area contributed by atoms with Crippen LogP contribution in [0.3, 0.4) is 0 Å². The monoisotopic (exact) mass is 665 g/mol. The maximum atomic E-state index is 14.6. The van der Waals surface area contributed by atoms with Crippen molar-refractivity contribution in [2.24, 2.45) is 0 Å². The summed E-state index contributed by atoms with van der Waals surface area (Å²) in [6.07, 6.45) is 6.99. The zero-order chi connectivity index (χ0) is 35.0. The number of pyridine rings is 3. The quantitative estimate of drug-likeness (QED) is 0.127. The normalized spacial score (nSPS) is 11.2. The van der Waals surface area contributed by atoms with E-state index in [1.54, 1.807) is 23.2 Å². The maximum Gasteiger partial charge on any atom is 0.323 e. The molecule has 2 amide bonds. The van der Waals surface area contributed by atoms with Crippen molar-refractivity contribution >= 4 is 28.4 Å². The molecule has 50 heavy (non-hydrogen) atoms. The predicted molar refractivity (Wildman–Crippen MR) is 202 cm³/mol. The Balaban J connectivity index is 1.41. The summed E-state index contributed by atoms with van der Waals surface area (Å²) in [6, 6.07) is 30.9. The van der Waals surface area contributed by atoms with E-state index in [0.29, 0.717) is 23.6 Å². The first-order chi connectivity index (χ1) is 24.3. The zero-order valence-corrected chi connectivity index (χ0v) is 29.0. The molecule has 0 fully saturated rings. The van der Waals surface area contributed by atoms with Crippen LogP contribution in [0.2, 0.25) is 0 Å². The lowest BCUT2D eigenvalue weighted by atomic mass is 9.93. The molecule has 0 spiro atoms. The van der Waals surface area contributed by atoms with Gasteiger partial charge in [-0.3, -0.25) is 14.3 Å². The number of hydrogen-bond donors (Lipinski definition) is 2. The molecule has 0 bridgehead atoms. The van der Waals surface area contributed by atoms with Crippen LogP contribution in [0.5, 0.6) is 5.75 Å². The lowest BCUT2D eigenvalue weighted by molar-refractivity contribution is 0.262. The van der Waals surface area contributed by atoms with E-state index in [2.05, 4.69) is 48.3 Å². The number of nitrogens with zero attached hydrogens (tertiary/aromatic N) is 3. The van der Waals surface area contributed by atoms with Crippen molar-refractivity contribution < 1.29 is 9.53 Å². The fraction of sp³-hybridized carbons (Fsp3) is 0.238. The van der Waals surface area contributed by atoms with E-state index in [4.69, 9.17) is 4.74 Å². The van der Waals surface area contributed by atoms with Crippen molar-refractivity contribution in [1.29, 1.82) is 0 Å². The highest BCUT2D eigenvalue weighted by Crippen LogP contribution is 2.36. The highest BCUT2D eigenvalue weighted by atomic mass is 16.5. The Morgan fingerprint density at radius 3 is 2.18 bits per heavy atom. The Labute approximate surface area is 293 Å². The molecule has 8 heteroatoms. The van der Waals surface area contributed by atoms with Crippen molar-refractivity contribution in [2.45, 2.75) is 58.9 Å². The van der Waals surface area contributed by atoms with Gasteiger partial charge in [0.15, 0.2) is 0 Å². The van der Waals surface area contributed by atoms with Gasteiger partial charge in [0.1, 0.15) is 17.1 Å². The first-order valence-corrected chi connectivity index (χ1v) is 17.2. The second-order valence-corrected chi connectivity index (χ2v) is 13.0. The number of para-hydroxylation sites is 1. The van der Waals surface area contributed by atoms with Gasteiger partial charge in [0.05, 0.1) is 13.2 Å². The maximum absolute atomic E-state index is 14.6. The Bertz CT molecular complexity index is 2120. The van der Waals surface area contributed by atoms with E-state index in [-0.39, 0.29) is 29.6 Å². The van der Waals surface area contributed by atoms with Crippen molar-refractivity contribution in [3.05, 3.63) is 148 Å². The summed E-state index contributed by atoms with van der Waals surface area (Å²) in [5, 5.41) is 6.87. The molecule has 0 aliphatic rings. The number of urea groups is 1. The van der Waals surface area contributed by atoms with Crippen LogP contribution in [0.25, 0.3) is 22.2 Å². The van der Waals surface area contributed by atoms with Gasteiger partial charge in [-0.25, -0.2) is 9.78 Å². The molecule has 2 N–H and O–H groups in total. The third kappa shape index (κ3) is 7.76. The third-order valence-electron chi connectivity index (χ3n) is 8.80. The molecule has 8 nitrogen and oxygen atoms in total. The number of aryl methyl sites for hydroxylation is 1. The average Bonchev–Trinajstić information content (AvgIpc) is 3.13. The molecule has 3 aromatic carbocycles. The van der Waals surface area contributed by atoms with Gasteiger partial charge in [-0.05, 0) is 88.9 Å². The van der Waals surface area contributed by atoms with Gasteiger partial charge in [0.25, 0.3) is 5.56 Å². The minimum Gasteiger partial charge on any atom is -0.494 e. The second kappa shape index (κ2) is 15.6. The fourth-order valence-electron chi connectivity index (χ4n) is 6.32. The van der Waals surface area contributed by atoms with Crippen molar-refractivity contribution in [3.63, 3.8) is 0 Å². The molecule has 3 heterocycles. The Morgan fingerprint density at radius 1 is 0.760 bits per heavy atom. The van der Waals surface area contributed by atoms with E-state index in [1.165, 1.54) is 5.56 Å². The number of rotatable bonds is 12. The first kappa shape index (κ1) is 34.1. The van der Waals surface area contributed by atoms with Crippen LogP contribution in [0, 0.1) is 0 Å². The average molecular weight is 666 g/mol. The Morgan fingerprint density at radius 2 is 1.46 bits per heavy atom. The first-order valence-electron chi connectivity index (χ1n) is 17.2. The number of carbonyl (C=O) groups excluding carboxylic acids is 1. The van der Waals surface area contributed by atoms with Crippen LogP contribution in [-0.4, -0.2) is 27.2 Å². The highest BCUT2D eigenvalue weighted by molar-refractivity contribution is 6.08. The van der Waals surface area contributed by atoms with Crippen LogP contribution in [0.15, 0.2) is 120 Å². The van der Waals surface area contributed by atoms with Crippen LogP contribution >= 0.6 is 0 Å². The van der Waals surface area contributed by atoms with Crippen LogP contribution in [0.4, 0.5) is 16.2 Å². The lowest BCUT2D eigenvalue weighted by Crippen LogP contribution is -2.30. The molecule has 0 atom stereocenters. The summed E-state index contributed by atoms with van der Waals surface area (Å²) in [5.74, 6) is 1.04. The number of hydrogen-bond acceptors (Lipinski definition) is 5. The molecule has 0 aliphatic carbocycles. The Kier molecular flexibility index (Phi) is 10.7. The summed E-state index contributed by atoms with van der Waals surface area (Å²) in [6.45, 7) is 9.23. The SMILES string of the molecule is CC(C)c1cccc(C(C)C)c1NC(=O)Nc1c(-c2cccc(OCCCc3ccncc3)c2)c2cccnc2n(Cc2ccccc2)c1=O. The zero-order valence-electron chi connectivity index (χ0n) is 29.0. The summed E-state index contributed by atoms with van der Waals surface area (Å²) in [5.41, 5.74) is 6.65. The molecule has 6 rings (SSSR count). The van der Waals surface area contributed by atoms with Gasteiger partial charge in [0, 0.05) is 35.2 Å². The molecule has 0 aliphatic heterocycles. The molecule has 0 saturated carbocycles. The number of nitrogens with one attached hydrogen (secondary N) is 2. The van der Waals surface area contributed by atoms with E-state index < -0.39 is 6.03 Å².